The first kappa shape index (κ1) is 10.9. The minimum atomic E-state index is 0.867. The third-order valence-corrected chi connectivity index (χ3v) is 3.22. The van der Waals surface area contributed by atoms with Crippen molar-refractivity contribution in [2.24, 2.45) is 0 Å². The Balaban J connectivity index is 2.23. The summed E-state index contributed by atoms with van der Waals surface area (Å²) in [5.74, 6) is 0.867. The predicted molar refractivity (Wildman–Crippen MR) is 71.7 cm³/mol. The maximum atomic E-state index is 5.28. The van der Waals surface area contributed by atoms with E-state index in [9.17, 15) is 0 Å². The Morgan fingerprint density at radius 1 is 1.39 bits per heavy atom. The standard InChI is InChI=1S/C14H15N3O/c1-3-17-9-15-8-14(17)12-7-16-13-5-4-10(18-2)6-11(12)13/h4-9,16H,3H2,1-2H3. The predicted octanol–water partition coefficient (Wildman–Crippen LogP) is 3.06. The molecule has 0 aliphatic carbocycles. The average molecular weight is 241 g/mol. The van der Waals surface area contributed by atoms with Crippen LogP contribution in [-0.2, 0) is 6.54 Å². The molecule has 4 heteroatoms. The van der Waals surface area contributed by atoms with E-state index in [-0.39, 0.29) is 0 Å². The van der Waals surface area contributed by atoms with Crippen LogP contribution in [0.25, 0.3) is 22.2 Å². The lowest BCUT2D eigenvalue weighted by Gasteiger charge is -2.04. The highest BCUT2D eigenvalue weighted by atomic mass is 16.5. The van der Waals surface area contributed by atoms with Crippen molar-refractivity contribution in [1.29, 1.82) is 0 Å². The third-order valence-electron chi connectivity index (χ3n) is 3.22. The van der Waals surface area contributed by atoms with Crippen molar-refractivity contribution in [3.05, 3.63) is 36.9 Å². The van der Waals surface area contributed by atoms with Gasteiger partial charge in [0.05, 0.1) is 25.3 Å². The summed E-state index contributed by atoms with van der Waals surface area (Å²) >= 11 is 0. The largest absolute Gasteiger partial charge is 0.497 e. The number of methoxy groups -OCH3 is 1. The minimum absolute atomic E-state index is 0.867. The number of imidazole rings is 1. The van der Waals surface area contributed by atoms with Gasteiger partial charge >= 0.3 is 0 Å². The Morgan fingerprint density at radius 2 is 2.28 bits per heavy atom. The summed E-state index contributed by atoms with van der Waals surface area (Å²) in [5.41, 5.74) is 3.38. The Morgan fingerprint density at radius 3 is 3.06 bits per heavy atom. The van der Waals surface area contributed by atoms with Gasteiger partial charge < -0.3 is 14.3 Å². The molecular formula is C14H15N3O. The number of ether oxygens (including phenoxy) is 1. The smallest absolute Gasteiger partial charge is 0.119 e. The summed E-state index contributed by atoms with van der Waals surface area (Å²) in [6, 6.07) is 6.04. The van der Waals surface area contributed by atoms with Crippen LogP contribution >= 0.6 is 0 Å². The van der Waals surface area contributed by atoms with Crippen molar-refractivity contribution in [2.45, 2.75) is 13.5 Å². The molecule has 18 heavy (non-hydrogen) atoms. The fraction of sp³-hybridized carbons (Fsp3) is 0.214. The Bertz CT molecular complexity index is 681. The molecule has 2 heterocycles. The van der Waals surface area contributed by atoms with Crippen LogP contribution < -0.4 is 4.74 Å². The first-order valence-corrected chi connectivity index (χ1v) is 5.99. The summed E-state index contributed by atoms with van der Waals surface area (Å²) in [6.45, 7) is 3.02. The van der Waals surface area contributed by atoms with Crippen LogP contribution in [0.15, 0.2) is 36.9 Å². The summed E-state index contributed by atoms with van der Waals surface area (Å²) in [4.78, 5) is 7.50. The molecule has 3 rings (SSSR count). The number of hydrogen-bond donors (Lipinski definition) is 1. The molecule has 0 atom stereocenters. The number of H-pyrrole nitrogens is 1. The van der Waals surface area contributed by atoms with E-state index >= 15 is 0 Å². The van der Waals surface area contributed by atoms with Crippen molar-refractivity contribution in [1.82, 2.24) is 14.5 Å². The van der Waals surface area contributed by atoms with Crippen LogP contribution in [0, 0.1) is 0 Å². The van der Waals surface area contributed by atoms with Crippen molar-refractivity contribution < 1.29 is 4.74 Å². The summed E-state index contributed by atoms with van der Waals surface area (Å²) < 4.78 is 7.41. The van der Waals surface area contributed by atoms with Gasteiger partial charge in [0.15, 0.2) is 0 Å². The topological polar surface area (TPSA) is 42.8 Å². The number of nitrogens with zero attached hydrogens (tertiary/aromatic N) is 2. The second-order valence-electron chi connectivity index (χ2n) is 4.18. The zero-order chi connectivity index (χ0) is 12.5. The molecule has 4 nitrogen and oxygen atoms in total. The molecule has 0 amide bonds. The molecule has 0 saturated heterocycles. The zero-order valence-corrected chi connectivity index (χ0v) is 10.5. The van der Waals surface area contributed by atoms with Crippen molar-refractivity contribution in [3.8, 4) is 17.0 Å². The normalized spacial score (nSPS) is 11.0. The second-order valence-corrected chi connectivity index (χ2v) is 4.18. The Hall–Kier alpha value is -2.23. The Kier molecular flexibility index (Phi) is 2.55. The molecule has 0 aliphatic heterocycles. The van der Waals surface area contributed by atoms with E-state index in [1.165, 1.54) is 0 Å². The number of fused-ring (bicyclic) bond motifs is 1. The maximum Gasteiger partial charge on any atom is 0.119 e. The zero-order valence-electron chi connectivity index (χ0n) is 10.5. The SMILES string of the molecule is CCn1cncc1-c1c[nH]c2ccc(OC)cc12. The highest BCUT2D eigenvalue weighted by Gasteiger charge is 2.10. The number of aromatic nitrogens is 3. The van der Waals surface area contributed by atoms with Gasteiger partial charge in [0, 0.05) is 29.2 Å². The third kappa shape index (κ3) is 1.57. The molecule has 3 aromatic rings. The van der Waals surface area contributed by atoms with E-state index < -0.39 is 0 Å². The number of rotatable bonds is 3. The van der Waals surface area contributed by atoms with Gasteiger partial charge in [-0.2, -0.15) is 0 Å². The van der Waals surface area contributed by atoms with Crippen molar-refractivity contribution in [2.75, 3.05) is 7.11 Å². The van der Waals surface area contributed by atoms with Crippen LogP contribution in [0.5, 0.6) is 5.75 Å². The van der Waals surface area contributed by atoms with Crippen molar-refractivity contribution >= 4 is 10.9 Å². The van der Waals surface area contributed by atoms with Crippen LogP contribution in [0.3, 0.4) is 0 Å². The average Bonchev–Trinajstić information content (AvgIpc) is 3.03. The van der Waals surface area contributed by atoms with E-state index in [4.69, 9.17) is 4.74 Å². The number of nitrogens with one attached hydrogen (secondary N) is 1. The van der Waals surface area contributed by atoms with E-state index in [2.05, 4.69) is 21.5 Å². The molecule has 1 aromatic carbocycles. The summed E-state index contributed by atoms with van der Waals surface area (Å²) in [6.07, 6.45) is 5.77. The Labute approximate surface area is 105 Å². The number of benzene rings is 1. The molecule has 0 bridgehead atoms. The van der Waals surface area contributed by atoms with Gasteiger partial charge in [0.1, 0.15) is 5.75 Å². The quantitative estimate of drug-likeness (QED) is 0.765. The first-order chi connectivity index (χ1) is 8.83. The van der Waals surface area contributed by atoms with E-state index in [1.807, 2.05) is 36.9 Å². The van der Waals surface area contributed by atoms with Gasteiger partial charge in [0.2, 0.25) is 0 Å². The second kappa shape index (κ2) is 4.22. The monoisotopic (exact) mass is 241 g/mol. The molecule has 0 spiro atoms. The van der Waals surface area contributed by atoms with Gasteiger partial charge in [0.25, 0.3) is 0 Å². The van der Waals surface area contributed by atoms with E-state index in [0.29, 0.717) is 0 Å². The lowest BCUT2D eigenvalue weighted by molar-refractivity contribution is 0.415. The molecule has 2 aromatic heterocycles. The van der Waals surface area contributed by atoms with Gasteiger partial charge in [-0.05, 0) is 25.1 Å². The molecule has 0 fully saturated rings. The minimum Gasteiger partial charge on any atom is -0.497 e. The number of hydrogen-bond acceptors (Lipinski definition) is 2. The lowest BCUT2D eigenvalue weighted by atomic mass is 10.1. The molecule has 0 radical (unpaired) electrons. The fourth-order valence-corrected chi connectivity index (χ4v) is 2.24. The molecule has 0 aliphatic rings. The number of aryl methyl sites for hydroxylation is 1. The lowest BCUT2D eigenvalue weighted by Crippen LogP contribution is -1.93. The first-order valence-electron chi connectivity index (χ1n) is 5.99. The summed E-state index contributed by atoms with van der Waals surface area (Å²) in [5, 5.41) is 1.16. The molecule has 0 saturated carbocycles. The molecule has 1 N–H and O–H groups in total. The van der Waals surface area contributed by atoms with Crippen LogP contribution in [0.2, 0.25) is 0 Å². The highest BCUT2D eigenvalue weighted by molar-refractivity contribution is 5.95. The van der Waals surface area contributed by atoms with Crippen LogP contribution in [0.4, 0.5) is 0 Å². The maximum absolute atomic E-state index is 5.28. The van der Waals surface area contributed by atoms with Gasteiger partial charge in [-0.25, -0.2) is 4.98 Å². The molecule has 0 unspecified atom stereocenters. The van der Waals surface area contributed by atoms with Crippen LogP contribution in [-0.4, -0.2) is 21.6 Å². The fourth-order valence-electron chi connectivity index (χ4n) is 2.24. The van der Waals surface area contributed by atoms with Gasteiger partial charge in [-0.3, -0.25) is 0 Å². The summed E-state index contributed by atoms with van der Waals surface area (Å²) in [7, 11) is 1.68. The molecular weight excluding hydrogens is 226 g/mol. The van der Waals surface area contributed by atoms with E-state index in [0.717, 1.165) is 34.5 Å². The highest BCUT2D eigenvalue weighted by Crippen LogP contribution is 2.30. The van der Waals surface area contributed by atoms with Gasteiger partial charge in [-0.1, -0.05) is 0 Å². The molecule has 92 valence electrons. The van der Waals surface area contributed by atoms with Gasteiger partial charge in [-0.15, -0.1) is 0 Å². The number of aromatic amines is 1. The van der Waals surface area contributed by atoms with E-state index in [1.54, 1.807) is 7.11 Å². The van der Waals surface area contributed by atoms with Crippen molar-refractivity contribution in [3.63, 3.8) is 0 Å². The van der Waals surface area contributed by atoms with Crippen LogP contribution in [0.1, 0.15) is 6.92 Å².